The number of sulfonamides is 1. The summed E-state index contributed by atoms with van der Waals surface area (Å²) in [6, 6.07) is 7.10. The Kier molecular flexibility index (Phi) is 3.63. The lowest BCUT2D eigenvalue weighted by atomic mass is 9.84. The van der Waals surface area contributed by atoms with E-state index in [1.165, 1.54) is 25.7 Å². The highest BCUT2D eigenvalue weighted by atomic mass is 32.2. The van der Waals surface area contributed by atoms with Crippen molar-refractivity contribution in [3.05, 3.63) is 29.8 Å². The molecule has 0 aliphatic heterocycles. The molecule has 1 N–H and O–H groups in total. The normalized spacial score (nSPS) is 30.6. The van der Waals surface area contributed by atoms with Crippen LogP contribution in [0.3, 0.4) is 0 Å². The zero-order valence-corrected chi connectivity index (χ0v) is 13.0. The first-order chi connectivity index (χ1) is 9.45. The van der Waals surface area contributed by atoms with Gasteiger partial charge in [0.15, 0.2) is 0 Å². The maximum atomic E-state index is 12.4. The summed E-state index contributed by atoms with van der Waals surface area (Å²) >= 11 is 0. The fraction of sp³-hybridized carbons (Fsp3) is 0.625. The van der Waals surface area contributed by atoms with Gasteiger partial charge in [0, 0.05) is 6.04 Å². The molecule has 20 heavy (non-hydrogen) atoms. The van der Waals surface area contributed by atoms with Gasteiger partial charge >= 0.3 is 0 Å². The second-order valence-electron chi connectivity index (χ2n) is 6.56. The van der Waals surface area contributed by atoms with Crippen LogP contribution in [-0.2, 0) is 10.0 Å². The lowest BCUT2D eigenvalue weighted by molar-refractivity contribution is 0.280. The van der Waals surface area contributed by atoms with Crippen LogP contribution in [-0.4, -0.2) is 14.5 Å². The van der Waals surface area contributed by atoms with Gasteiger partial charge in [-0.1, -0.05) is 24.1 Å². The van der Waals surface area contributed by atoms with E-state index in [9.17, 15) is 8.42 Å². The van der Waals surface area contributed by atoms with E-state index < -0.39 is 10.0 Å². The first-order valence-corrected chi connectivity index (χ1v) is 9.03. The van der Waals surface area contributed by atoms with Gasteiger partial charge in [-0.15, -0.1) is 0 Å². The number of hydrogen-bond donors (Lipinski definition) is 1. The maximum absolute atomic E-state index is 12.4. The Morgan fingerprint density at radius 1 is 1.15 bits per heavy atom. The number of benzene rings is 1. The third kappa shape index (κ3) is 2.63. The summed E-state index contributed by atoms with van der Waals surface area (Å²) in [6.07, 6.45) is 5.13. The van der Waals surface area contributed by atoms with E-state index in [4.69, 9.17) is 0 Å². The van der Waals surface area contributed by atoms with Gasteiger partial charge in [-0.3, -0.25) is 0 Å². The maximum Gasteiger partial charge on any atom is 0.240 e. The quantitative estimate of drug-likeness (QED) is 0.927. The van der Waals surface area contributed by atoms with Crippen molar-refractivity contribution in [3.63, 3.8) is 0 Å². The minimum absolute atomic E-state index is 0.0385. The Bertz CT molecular complexity index is 579. The van der Waals surface area contributed by atoms with Crippen LogP contribution in [0.1, 0.15) is 38.2 Å². The molecule has 2 fully saturated rings. The van der Waals surface area contributed by atoms with Gasteiger partial charge in [0.05, 0.1) is 4.90 Å². The van der Waals surface area contributed by atoms with Crippen LogP contribution < -0.4 is 4.72 Å². The molecule has 1 aromatic carbocycles. The number of hydrogen-bond acceptors (Lipinski definition) is 2. The molecule has 0 saturated heterocycles. The van der Waals surface area contributed by atoms with Gasteiger partial charge in [-0.25, -0.2) is 13.1 Å². The van der Waals surface area contributed by atoms with E-state index >= 15 is 0 Å². The Morgan fingerprint density at radius 3 is 2.40 bits per heavy atom. The lowest BCUT2D eigenvalue weighted by Gasteiger charge is -2.28. The second kappa shape index (κ2) is 5.15. The number of aryl methyl sites for hydroxylation is 1. The van der Waals surface area contributed by atoms with Crippen LogP contribution in [0.25, 0.3) is 0 Å². The van der Waals surface area contributed by atoms with Crippen molar-refractivity contribution >= 4 is 10.0 Å². The minimum atomic E-state index is -3.38. The summed E-state index contributed by atoms with van der Waals surface area (Å²) in [4.78, 5) is 0.373. The smallest absolute Gasteiger partial charge is 0.208 e. The van der Waals surface area contributed by atoms with Gasteiger partial charge in [-0.05, 0) is 63.0 Å². The third-order valence-electron chi connectivity index (χ3n) is 5.11. The van der Waals surface area contributed by atoms with Crippen LogP contribution in [0.15, 0.2) is 29.2 Å². The summed E-state index contributed by atoms with van der Waals surface area (Å²) in [5.41, 5.74) is 1.07. The van der Waals surface area contributed by atoms with E-state index in [-0.39, 0.29) is 6.04 Å². The Labute approximate surface area is 121 Å². The number of nitrogens with one attached hydrogen (secondary N) is 1. The fourth-order valence-corrected chi connectivity index (χ4v) is 5.32. The molecule has 0 heterocycles. The highest BCUT2D eigenvalue weighted by Crippen LogP contribution is 2.49. The number of fused-ring (bicyclic) bond motifs is 2. The zero-order valence-electron chi connectivity index (χ0n) is 12.2. The third-order valence-corrected chi connectivity index (χ3v) is 6.68. The lowest BCUT2D eigenvalue weighted by Crippen LogP contribution is -2.40. The van der Waals surface area contributed by atoms with E-state index in [1.807, 2.05) is 26.0 Å². The first-order valence-electron chi connectivity index (χ1n) is 7.55. The molecule has 4 atom stereocenters. The molecule has 0 amide bonds. The summed E-state index contributed by atoms with van der Waals surface area (Å²) in [5, 5.41) is 0. The molecule has 2 saturated carbocycles. The van der Waals surface area contributed by atoms with Crippen molar-refractivity contribution in [1.82, 2.24) is 4.72 Å². The molecule has 0 radical (unpaired) electrons. The van der Waals surface area contributed by atoms with Gasteiger partial charge in [-0.2, -0.15) is 0 Å². The molecule has 110 valence electrons. The summed E-state index contributed by atoms with van der Waals surface area (Å²) in [6.45, 7) is 3.98. The van der Waals surface area contributed by atoms with E-state index in [0.717, 1.165) is 17.4 Å². The molecule has 0 aromatic heterocycles. The molecule has 1 aromatic rings. The predicted molar refractivity (Wildman–Crippen MR) is 79.9 cm³/mol. The monoisotopic (exact) mass is 293 g/mol. The molecule has 3 nitrogen and oxygen atoms in total. The Hall–Kier alpha value is -0.870. The van der Waals surface area contributed by atoms with Crippen molar-refractivity contribution in [3.8, 4) is 0 Å². The summed E-state index contributed by atoms with van der Waals surface area (Å²) in [5.74, 6) is 2.10. The topological polar surface area (TPSA) is 46.2 Å². The van der Waals surface area contributed by atoms with Crippen LogP contribution in [0.4, 0.5) is 0 Å². The average molecular weight is 293 g/mol. The Balaban J connectivity index is 1.71. The molecule has 0 spiro atoms. The second-order valence-corrected chi connectivity index (χ2v) is 8.28. The van der Waals surface area contributed by atoms with Crippen LogP contribution in [0, 0.1) is 24.7 Å². The predicted octanol–water partition coefficient (Wildman–Crippen LogP) is 3.10. The van der Waals surface area contributed by atoms with Crippen LogP contribution in [0.2, 0.25) is 0 Å². The van der Waals surface area contributed by atoms with Crippen LogP contribution in [0.5, 0.6) is 0 Å². The van der Waals surface area contributed by atoms with Crippen molar-refractivity contribution in [2.24, 2.45) is 17.8 Å². The average Bonchev–Trinajstić information content (AvgIpc) is 3.01. The largest absolute Gasteiger partial charge is 0.240 e. The molecule has 2 bridgehead atoms. The highest BCUT2D eigenvalue weighted by molar-refractivity contribution is 7.89. The fourth-order valence-electron chi connectivity index (χ4n) is 4.02. The first kappa shape index (κ1) is 14.1. The minimum Gasteiger partial charge on any atom is -0.208 e. The molecule has 2 aliphatic carbocycles. The molecule has 0 unspecified atom stereocenters. The van der Waals surface area contributed by atoms with E-state index in [0.29, 0.717) is 10.8 Å². The molecule has 3 rings (SSSR count). The van der Waals surface area contributed by atoms with Gasteiger partial charge in [0.25, 0.3) is 0 Å². The van der Waals surface area contributed by atoms with Crippen molar-refractivity contribution in [2.45, 2.75) is 50.5 Å². The Morgan fingerprint density at radius 2 is 1.85 bits per heavy atom. The van der Waals surface area contributed by atoms with E-state index in [1.54, 1.807) is 12.1 Å². The van der Waals surface area contributed by atoms with Gasteiger partial charge in [0.2, 0.25) is 10.0 Å². The molecule has 4 heteroatoms. The highest BCUT2D eigenvalue weighted by Gasteiger charge is 2.42. The SMILES string of the molecule is Cc1ccc(S(=O)(=O)N[C@@H](C)[C@@H]2C[C@H]3CC[C@H]2C3)cc1. The molecular weight excluding hydrogens is 270 g/mol. The van der Waals surface area contributed by atoms with Crippen molar-refractivity contribution in [2.75, 3.05) is 0 Å². The summed E-state index contributed by atoms with van der Waals surface area (Å²) < 4.78 is 27.7. The van der Waals surface area contributed by atoms with Gasteiger partial charge < -0.3 is 0 Å². The van der Waals surface area contributed by atoms with Crippen molar-refractivity contribution in [1.29, 1.82) is 0 Å². The standard InChI is InChI=1S/C16H23NO2S/c1-11-3-7-15(8-4-11)20(18,19)17-12(2)16-10-13-5-6-14(16)9-13/h3-4,7-8,12-14,16-17H,5-6,9-10H2,1-2H3/t12-,13-,14-,16-/m0/s1. The van der Waals surface area contributed by atoms with Crippen LogP contribution >= 0.6 is 0 Å². The van der Waals surface area contributed by atoms with Gasteiger partial charge in [0.1, 0.15) is 0 Å². The molecular formula is C16H23NO2S. The summed E-state index contributed by atoms with van der Waals surface area (Å²) in [7, 11) is -3.38. The van der Waals surface area contributed by atoms with Crippen molar-refractivity contribution < 1.29 is 8.42 Å². The zero-order chi connectivity index (χ0) is 14.3. The molecule has 2 aliphatic rings. The van der Waals surface area contributed by atoms with E-state index in [2.05, 4.69) is 4.72 Å². The number of rotatable bonds is 4.